The number of rotatable bonds is 2. The first-order valence-electron chi connectivity index (χ1n) is 6.05. The highest BCUT2D eigenvalue weighted by molar-refractivity contribution is 5.07. The molecule has 0 aromatic rings. The first-order chi connectivity index (χ1) is 7.18. The van der Waals surface area contributed by atoms with Crippen molar-refractivity contribution in [2.45, 2.75) is 57.3 Å². The van der Waals surface area contributed by atoms with E-state index in [2.05, 4.69) is 25.7 Å². The monoisotopic (exact) mass is 232 g/mol. The van der Waals surface area contributed by atoms with Crippen molar-refractivity contribution < 1.29 is 9.50 Å². The van der Waals surface area contributed by atoms with E-state index in [0.717, 1.165) is 0 Å². The van der Waals surface area contributed by atoms with Crippen LogP contribution in [0.5, 0.6) is 0 Å². The highest BCUT2D eigenvalue weighted by Crippen LogP contribution is 2.39. The predicted molar refractivity (Wildman–Crippen MR) is 64.1 cm³/mol. The molecule has 3 nitrogen and oxygen atoms in total. The fraction of sp³-hybridized carbons (Fsp3) is 1.00. The van der Waals surface area contributed by atoms with Gasteiger partial charge in [-0.25, -0.2) is 4.39 Å². The van der Waals surface area contributed by atoms with Crippen molar-refractivity contribution in [2.24, 2.45) is 5.73 Å². The molecular weight excluding hydrogens is 207 g/mol. The molecule has 0 bridgehead atoms. The Kier molecular flexibility index (Phi) is 3.68. The Labute approximate surface area is 97.8 Å². The second-order valence-electron chi connectivity index (χ2n) is 5.90. The second kappa shape index (κ2) is 4.24. The maximum absolute atomic E-state index is 14.6. The number of piperidine rings is 1. The van der Waals surface area contributed by atoms with Crippen molar-refractivity contribution in [2.75, 3.05) is 19.6 Å². The lowest BCUT2D eigenvalue weighted by atomic mass is 9.75. The average Bonchev–Trinajstić information content (AvgIpc) is 2.20. The zero-order valence-electron chi connectivity index (χ0n) is 10.9. The zero-order chi connectivity index (χ0) is 12.6. The molecule has 1 heterocycles. The van der Waals surface area contributed by atoms with Crippen molar-refractivity contribution in [3.8, 4) is 0 Å². The van der Waals surface area contributed by atoms with E-state index in [4.69, 9.17) is 5.73 Å². The standard InChI is InChI=1S/C12H25FN2O/c1-5-11(13)6-7-15(10(2,3)4)9-12(11,16)8-14/h16H,5-9,14H2,1-4H3. The molecule has 0 spiro atoms. The quantitative estimate of drug-likeness (QED) is 0.754. The molecule has 1 aliphatic heterocycles. The van der Waals surface area contributed by atoms with Crippen LogP contribution in [0, 0.1) is 0 Å². The summed E-state index contributed by atoms with van der Waals surface area (Å²) in [5.74, 6) is 0. The number of hydrogen-bond donors (Lipinski definition) is 2. The minimum atomic E-state index is -1.54. The fourth-order valence-corrected chi connectivity index (χ4v) is 2.41. The van der Waals surface area contributed by atoms with Gasteiger partial charge in [-0.15, -0.1) is 0 Å². The summed E-state index contributed by atoms with van der Waals surface area (Å²) < 4.78 is 14.6. The van der Waals surface area contributed by atoms with Crippen LogP contribution < -0.4 is 5.73 Å². The number of β-amino-alcohol motifs (C(OH)–C–C–N with tert-alkyl or cyclic N) is 1. The predicted octanol–water partition coefficient (Wildman–Crippen LogP) is 1.30. The number of aliphatic hydroxyl groups is 1. The lowest BCUT2D eigenvalue weighted by Crippen LogP contribution is -2.68. The summed E-state index contributed by atoms with van der Waals surface area (Å²) in [7, 11) is 0. The van der Waals surface area contributed by atoms with Crippen molar-refractivity contribution in [1.29, 1.82) is 0 Å². The second-order valence-corrected chi connectivity index (χ2v) is 5.90. The lowest BCUT2D eigenvalue weighted by Gasteiger charge is -2.52. The normalized spacial score (nSPS) is 37.7. The third-order valence-corrected chi connectivity index (χ3v) is 3.91. The smallest absolute Gasteiger partial charge is 0.143 e. The number of likely N-dealkylation sites (tertiary alicyclic amines) is 1. The Bertz CT molecular complexity index is 254. The molecule has 1 saturated heterocycles. The topological polar surface area (TPSA) is 49.5 Å². The van der Waals surface area contributed by atoms with Crippen LogP contribution in [0.3, 0.4) is 0 Å². The first-order valence-corrected chi connectivity index (χ1v) is 6.05. The molecule has 0 amide bonds. The molecule has 1 aliphatic rings. The van der Waals surface area contributed by atoms with Crippen LogP contribution in [0.4, 0.5) is 4.39 Å². The van der Waals surface area contributed by atoms with Crippen LogP contribution in [0.15, 0.2) is 0 Å². The van der Waals surface area contributed by atoms with Crippen molar-refractivity contribution in [1.82, 2.24) is 4.90 Å². The summed E-state index contributed by atoms with van der Waals surface area (Å²) in [6, 6.07) is 0. The Morgan fingerprint density at radius 3 is 2.38 bits per heavy atom. The fourth-order valence-electron chi connectivity index (χ4n) is 2.41. The number of nitrogens with zero attached hydrogens (tertiary/aromatic N) is 1. The Morgan fingerprint density at radius 1 is 1.44 bits per heavy atom. The molecule has 3 N–H and O–H groups in total. The van der Waals surface area contributed by atoms with E-state index in [9.17, 15) is 9.50 Å². The van der Waals surface area contributed by atoms with Crippen LogP contribution in [-0.4, -0.2) is 46.4 Å². The summed E-state index contributed by atoms with van der Waals surface area (Å²) in [6.45, 7) is 8.95. The van der Waals surface area contributed by atoms with Gasteiger partial charge in [0.1, 0.15) is 11.3 Å². The number of halogens is 1. The van der Waals surface area contributed by atoms with Crippen LogP contribution in [-0.2, 0) is 0 Å². The molecule has 2 unspecified atom stereocenters. The molecule has 4 heteroatoms. The summed E-state index contributed by atoms with van der Waals surface area (Å²) in [6.07, 6.45) is 0.674. The van der Waals surface area contributed by atoms with Gasteiger partial charge in [-0.1, -0.05) is 6.92 Å². The van der Waals surface area contributed by atoms with Crippen LogP contribution in [0.2, 0.25) is 0 Å². The Balaban J connectivity index is 2.90. The maximum atomic E-state index is 14.6. The lowest BCUT2D eigenvalue weighted by molar-refractivity contribution is -0.158. The molecule has 0 aromatic heterocycles. The van der Waals surface area contributed by atoms with Gasteiger partial charge in [-0.3, -0.25) is 4.90 Å². The van der Waals surface area contributed by atoms with Crippen LogP contribution >= 0.6 is 0 Å². The van der Waals surface area contributed by atoms with Gasteiger partial charge in [0, 0.05) is 25.2 Å². The number of hydrogen-bond acceptors (Lipinski definition) is 3. The molecule has 2 atom stereocenters. The van der Waals surface area contributed by atoms with Gasteiger partial charge in [0.2, 0.25) is 0 Å². The van der Waals surface area contributed by atoms with E-state index in [0.29, 0.717) is 25.9 Å². The minimum absolute atomic E-state index is 0.0239. The molecule has 1 rings (SSSR count). The van der Waals surface area contributed by atoms with Gasteiger partial charge in [0.25, 0.3) is 0 Å². The number of alkyl halides is 1. The van der Waals surface area contributed by atoms with Gasteiger partial charge >= 0.3 is 0 Å². The molecule has 0 aliphatic carbocycles. The molecule has 16 heavy (non-hydrogen) atoms. The highest BCUT2D eigenvalue weighted by Gasteiger charge is 2.53. The van der Waals surface area contributed by atoms with E-state index in [-0.39, 0.29) is 12.1 Å². The van der Waals surface area contributed by atoms with Crippen LogP contribution in [0.25, 0.3) is 0 Å². The summed E-state index contributed by atoms with van der Waals surface area (Å²) in [4.78, 5) is 2.10. The van der Waals surface area contributed by atoms with E-state index >= 15 is 0 Å². The van der Waals surface area contributed by atoms with Gasteiger partial charge in [-0.2, -0.15) is 0 Å². The largest absolute Gasteiger partial charge is 0.384 e. The van der Waals surface area contributed by atoms with Crippen LogP contribution in [0.1, 0.15) is 40.5 Å². The third kappa shape index (κ3) is 2.24. The summed E-state index contributed by atoms with van der Waals surface area (Å²) in [5.41, 5.74) is 2.57. The van der Waals surface area contributed by atoms with Crippen molar-refractivity contribution in [3.05, 3.63) is 0 Å². The molecular formula is C12H25FN2O. The average molecular weight is 232 g/mol. The van der Waals surface area contributed by atoms with E-state index in [1.807, 2.05) is 0 Å². The van der Waals surface area contributed by atoms with Gasteiger partial charge in [0.05, 0.1) is 0 Å². The highest BCUT2D eigenvalue weighted by atomic mass is 19.1. The summed E-state index contributed by atoms with van der Waals surface area (Å²) >= 11 is 0. The zero-order valence-corrected chi connectivity index (χ0v) is 10.9. The first kappa shape index (κ1) is 13.9. The Morgan fingerprint density at radius 2 is 2.00 bits per heavy atom. The van der Waals surface area contributed by atoms with E-state index in [1.165, 1.54) is 0 Å². The van der Waals surface area contributed by atoms with Crippen molar-refractivity contribution >= 4 is 0 Å². The summed E-state index contributed by atoms with van der Waals surface area (Å²) in [5, 5.41) is 10.4. The SMILES string of the molecule is CCC1(F)CCN(C(C)(C)C)CC1(O)CN. The van der Waals surface area contributed by atoms with Gasteiger partial charge < -0.3 is 10.8 Å². The molecule has 0 radical (unpaired) electrons. The molecule has 0 saturated carbocycles. The molecule has 0 aromatic carbocycles. The van der Waals surface area contributed by atoms with Crippen molar-refractivity contribution in [3.63, 3.8) is 0 Å². The minimum Gasteiger partial charge on any atom is -0.384 e. The van der Waals surface area contributed by atoms with E-state index < -0.39 is 11.3 Å². The van der Waals surface area contributed by atoms with Gasteiger partial charge in [-0.05, 0) is 33.6 Å². The number of nitrogens with two attached hydrogens (primary N) is 1. The maximum Gasteiger partial charge on any atom is 0.143 e. The Hall–Kier alpha value is -0.190. The molecule has 96 valence electrons. The molecule has 1 fully saturated rings. The van der Waals surface area contributed by atoms with E-state index in [1.54, 1.807) is 6.92 Å². The van der Waals surface area contributed by atoms with Gasteiger partial charge in [0.15, 0.2) is 0 Å². The third-order valence-electron chi connectivity index (χ3n) is 3.91.